The van der Waals surface area contributed by atoms with Crippen molar-refractivity contribution in [2.24, 2.45) is 0 Å². The van der Waals surface area contributed by atoms with Gasteiger partial charge in [0.15, 0.2) is 0 Å². The smallest absolute Gasteiger partial charge is 0.406 e. The minimum atomic E-state index is -4.78. The van der Waals surface area contributed by atoms with E-state index in [1.165, 1.54) is 29.7 Å². The Morgan fingerprint density at radius 2 is 1.97 bits per heavy atom. The molecule has 12 heteroatoms. The molecule has 1 aliphatic rings. The Hall–Kier alpha value is -3.22. The number of β-amino-alcohol motifs (C(OH)–C–C–N with tert-alkyl or cyclic N) is 1. The lowest BCUT2D eigenvalue weighted by Crippen LogP contribution is -2.23. The Morgan fingerprint density at radius 3 is 2.55 bits per heavy atom. The molecule has 3 aromatic rings. The molecule has 3 heterocycles. The van der Waals surface area contributed by atoms with Crippen LogP contribution in [-0.4, -0.2) is 58.8 Å². The summed E-state index contributed by atoms with van der Waals surface area (Å²) in [6.07, 6.45) is -1.46. The maximum atomic E-state index is 12.7. The maximum Gasteiger partial charge on any atom is 0.573 e. The van der Waals surface area contributed by atoms with E-state index in [1.54, 1.807) is 17.8 Å². The number of hydrogen-bond acceptors (Lipinski definition) is 8. The number of anilines is 2. The molecule has 0 radical (unpaired) electrons. The molecule has 1 unspecified atom stereocenters. The van der Waals surface area contributed by atoms with E-state index in [4.69, 9.17) is 5.11 Å². The lowest BCUT2D eigenvalue weighted by Gasteiger charge is -2.20. The number of alkyl halides is 3. The largest absolute Gasteiger partial charge is 0.573 e. The number of benzene rings is 1. The second-order valence-electron chi connectivity index (χ2n) is 6.88. The van der Waals surface area contributed by atoms with Crippen LogP contribution in [0.3, 0.4) is 0 Å². The number of nitrogens with one attached hydrogen (secondary N) is 1. The number of thiazole rings is 1. The number of aliphatic hydroxyl groups excluding tert-OH is 2. The molecule has 1 amide bonds. The fourth-order valence-corrected chi connectivity index (χ4v) is 3.88. The summed E-state index contributed by atoms with van der Waals surface area (Å²) in [6.45, 7) is 1.11. The monoisotopic (exact) mass is 482 g/mol. The predicted octanol–water partition coefficient (Wildman–Crippen LogP) is 3.54. The number of carbonyl (C=O) groups excluding carboxylic acids is 1. The fourth-order valence-electron chi connectivity index (χ4n) is 3.24. The lowest BCUT2D eigenvalue weighted by molar-refractivity contribution is -0.274. The van der Waals surface area contributed by atoms with Crippen molar-refractivity contribution in [1.82, 2.24) is 9.97 Å². The second-order valence-corrected chi connectivity index (χ2v) is 7.76. The Kier molecular flexibility index (Phi) is 7.84. The van der Waals surface area contributed by atoms with E-state index in [2.05, 4.69) is 20.0 Å². The van der Waals surface area contributed by atoms with Crippen LogP contribution >= 0.6 is 11.3 Å². The van der Waals surface area contributed by atoms with Gasteiger partial charge in [-0.15, -0.1) is 24.5 Å². The first-order valence-electron chi connectivity index (χ1n) is 9.72. The second kappa shape index (κ2) is 10.6. The van der Waals surface area contributed by atoms with E-state index in [-0.39, 0.29) is 11.3 Å². The van der Waals surface area contributed by atoms with E-state index in [9.17, 15) is 23.1 Å². The van der Waals surface area contributed by atoms with Gasteiger partial charge in [-0.2, -0.15) is 0 Å². The zero-order chi connectivity index (χ0) is 24.0. The number of rotatable bonds is 5. The summed E-state index contributed by atoms with van der Waals surface area (Å²) in [5.41, 5.74) is 2.99. The summed E-state index contributed by atoms with van der Waals surface area (Å²) in [4.78, 5) is 24.0. The van der Waals surface area contributed by atoms with E-state index in [1.807, 2.05) is 4.90 Å². The Morgan fingerprint density at radius 1 is 1.24 bits per heavy atom. The van der Waals surface area contributed by atoms with E-state index < -0.39 is 18.4 Å². The number of hydrogen-bond donors (Lipinski definition) is 3. The number of carbonyl (C=O) groups is 1. The third-order valence-corrected chi connectivity index (χ3v) is 5.44. The van der Waals surface area contributed by atoms with Crippen LogP contribution in [0.15, 0.2) is 48.2 Å². The van der Waals surface area contributed by atoms with Crippen LogP contribution in [0.25, 0.3) is 10.4 Å². The van der Waals surface area contributed by atoms with Crippen molar-refractivity contribution >= 4 is 28.7 Å². The van der Waals surface area contributed by atoms with E-state index in [0.29, 0.717) is 31.0 Å². The molecule has 4 rings (SSSR count). The Labute approximate surface area is 191 Å². The minimum absolute atomic E-state index is 0.280. The standard InChI is InChI=1S/C20H17F3N4O3S.CH4O/c21-20(22,23)30-15-3-1-13(2-4-15)26-19(29)12-7-16(17-9-24-11-31-17)18(25-8-12)27-6-5-14(28)10-27;1-2/h1-4,7-9,11,14,28H,5-6,10H2,(H,26,29);2H,1H3. The molecule has 1 aromatic carbocycles. The van der Waals surface area contributed by atoms with Crippen LogP contribution < -0.4 is 15.0 Å². The zero-order valence-electron chi connectivity index (χ0n) is 17.4. The molecule has 1 atom stereocenters. The predicted molar refractivity (Wildman–Crippen MR) is 117 cm³/mol. The number of aliphatic hydroxyl groups is 2. The summed E-state index contributed by atoms with van der Waals surface area (Å²) in [5.74, 6) is -0.182. The van der Waals surface area contributed by atoms with Crippen LogP contribution in [0, 0.1) is 0 Å². The zero-order valence-corrected chi connectivity index (χ0v) is 18.2. The van der Waals surface area contributed by atoms with Crippen LogP contribution in [0.5, 0.6) is 5.75 Å². The molecule has 1 aliphatic heterocycles. The van der Waals surface area contributed by atoms with Gasteiger partial charge in [0, 0.05) is 43.8 Å². The number of ether oxygens (including phenoxy) is 1. The number of nitrogens with zero attached hydrogens (tertiary/aromatic N) is 3. The fraction of sp³-hybridized carbons (Fsp3) is 0.286. The van der Waals surface area contributed by atoms with Crippen molar-refractivity contribution in [1.29, 1.82) is 0 Å². The topological polar surface area (TPSA) is 108 Å². The van der Waals surface area contributed by atoms with Gasteiger partial charge in [0.25, 0.3) is 5.91 Å². The first kappa shape index (κ1) is 24.4. The normalized spacial score (nSPS) is 15.6. The average Bonchev–Trinajstić information content (AvgIpc) is 3.47. The average molecular weight is 482 g/mol. The molecule has 1 saturated heterocycles. The molecule has 0 saturated carbocycles. The van der Waals surface area contributed by atoms with E-state index in [0.717, 1.165) is 29.7 Å². The summed E-state index contributed by atoms with van der Waals surface area (Å²) >= 11 is 1.40. The molecular formula is C21H21F3N4O4S. The van der Waals surface area contributed by atoms with E-state index >= 15 is 0 Å². The van der Waals surface area contributed by atoms with Gasteiger partial charge in [-0.3, -0.25) is 9.78 Å². The van der Waals surface area contributed by atoms with Gasteiger partial charge in [0.1, 0.15) is 11.6 Å². The lowest BCUT2D eigenvalue weighted by atomic mass is 10.1. The van der Waals surface area contributed by atoms with Crippen LogP contribution in [-0.2, 0) is 0 Å². The molecule has 3 N–H and O–H groups in total. The van der Waals surface area contributed by atoms with Crippen LogP contribution in [0.2, 0.25) is 0 Å². The number of halogens is 3. The van der Waals surface area contributed by atoms with Crippen molar-refractivity contribution in [2.75, 3.05) is 30.4 Å². The highest BCUT2D eigenvalue weighted by molar-refractivity contribution is 7.13. The highest BCUT2D eigenvalue weighted by atomic mass is 32.1. The van der Waals surface area contributed by atoms with Crippen molar-refractivity contribution in [3.63, 3.8) is 0 Å². The third kappa shape index (κ3) is 6.40. The first-order valence-corrected chi connectivity index (χ1v) is 10.6. The quantitative estimate of drug-likeness (QED) is 0.511. The van der Waals surface area contributed by atoms with Gasteiger partial charge in [-0.05, 0) is 36.8 Å². The van der Waals surface area contributed by atoms with Gasteiger partial charge in [0.2, 0.25) is 0 Å². The van der Waals surface area contributed by atoms with Crippen molar-refractivity contribution in [3.05, 3.63) is 53.8 Å². The van der Waals surface area contributed by atoms with Crippen molar-refractivity contribution in [2.45, 2.75) is 18.9 Å². The van der Waals surface area contributed by atoms with Gasteiger partial charge in [-0.1, -0.05) is 0 Å². The van der Waals surface area contributed by atoms with Crippen LogP contribution in [0.1, 0.15) is 16.8 Å². The van der Waals surface area contributed by atoms with Gasteiger partial charge in [0.05, 0.1) is 22.1 Å². The van der Waals surface area contributed by atoms with Crippen molar-refractivity contribution in [3.8, 4) is 16.2 Å². The molecular weight excluding hydrogens is 461 g/mol. The molecule has 8 nitrogen and oxygen atoms in total. The molecule has 1 fully saturated rings. The number of amides is 1. The highest BCUT2D eigenvalue weighted by Crippen LogP contribution is 2.34. The maximum absolute atomic E-state index is 12.7. The summed E-state index contributed by atoms with van der Waals surface area (Å²) < 4.78 is 40.6. The van der Waals surface area contributed by atoms with Crippen LogP contribution in [0.4, 0.5) is 24.7 Å². The summed E-state index contributed by atoms with van der Waals surface area (Å²) in [5, 5.41) is 19.5. The van der Waals surface area contributed by atoms with Crippen molar-refractivity contribution < 1.29 is 32.9 Å². The Balaban J connectivity index is 0.00000149. The SMILES string of the molecule is CO.O=C(Nc1ccc(OC(F)(F)F)cc1)c1cnc(N2CCC(O)C2)c(-c2cncs2)c1. The summed E-state index contributed by atoms with van der Waals surface area (Å²) in [7, 11) is 1.00. The number of aromatic nitrogens is 2. The minimum Gasteiger partial charge on any atom is -0.406 e. The third-order valence-electron chi connectivity index (χ3n) is 4.64. The summed E-state index contributed by atoms with van der Waals surface area (Å²) in [6, 6.07) is 6.56. The molecule has 0 spiro atoms. The van der Waals surface area contributed by atoms with Gasteiger partial charge >= 0.3 is 6.36 Å². The molecule has 33 heavy (non-hydrogen) atoms. The first-order chi connectivity index (χ1) is 15.8. The molecule has 176 valence electrons. The Bertz CT molecular complexity index is 1060. The number of pyridine rings is 1. The highest BCUT2D eigenvalue weighted by Gasteiger charge is 2.31. The van der Waals surface area contributed by atoms with Gasteiger partial charge in [-0.25, -0.2) is 4.98 Å². The molecule has 0 bridgehead atoms. The molecule has 0 aliphatic carbocycles. The van der Waals surface area contributed by atoms with Gasteiger partial charge < -0.3 is 25.2 Å². The molecule has 2 aromatic heterocycles.